The van der Waals surface area contributed by atoms with Gasteiger partial charge in [0, 0.05) is 30.8 Å². The van der Waals surface area contributed by atoms with Crippen LogP contribution < -0.4 is 4.74 Å². The third kappa shape index (κ3) is 3.40. The Labute approximate surface area is 157 Å². The fraction of sp³-hybridized carbons (Fsp3) is 0.286. The lowest BCUT2D eigenvalue weighted by Gasteiger charge is -2.35. The average molecular weight is 367 g/mol. The summed E-state index contributed by atoms with van der Waals surface area (Å²) in [6.07, 6.45) is 2.51. The summed E-state index contributed by atoms with van der Waals surface area (Å²) < 4.78 is 19.4. The van der Waals surface area contributed by atoms with E-state index in [1.807, 2.05) is 25.1 Å². The Balaban J connectivity index is 1.70. The second-order valence-corrected chi connectivity index (χ2v) is 6.64. The molecular formula is C21H22FN3O2. The van der Waals surface area contributed by atoms with Gasteiger partial charge in [-0.15, -0.1) is 0 Å². The second kappa shape index (κ2) is 7.40. The quantitative estimate of drug-likeness (QED) is 0.720. The number of phenolic OH excluding ortho intramolecular Hbond substituents is 1. The number of hydrogen-bond acceptors (Lipinski definition) is 4. The van der Waals surface area contributed by atoms with E-state index in [9.17, 15) is 9.50 Å². The van der Waals surface area contributed by atoms with E-state index in [4.69, 9.17) is 4.74 Å². The maximum Gasteiger partial charge on any atom is 0.162 e. The molecule has 0 spiro atoms. The van der Waals surface area contributed by atoms with Crippen molar-refractivity contribution in [3.63, 3.8) is 0 Å². The molecule has 6 heteroatoms. The number of halogens is 1. The molecule has 1 atom stereocenters. The number of fused-ring (bicyclic) bond motifs is 1. The number of phenols is 1. The number of benzene rings is 2. The van der Waals surface area contributed by atoms with Gasteiger partial charge < -0.3 is 14.8 Å². The molecule has 1 aliphatic heterocycles. The number of para-hydroxylation sites is 1. The molecule has 4 rings (SSSR count). The fourth-order valence-corrected chi connectivity index (χ4v) is 3.73. The van der Waals surface area contributed by atoms with Gasteiger partial charge in [-0.1, -0.05) is 24.3 Å². The van der Waals surface area contributed by atoms with E-state index in [0.717, 1.165) is 35.5 Å². The van der Waals surface area contributed by atoms with Gasteiger partial charge in [0.15, 0.2) is 11.5 Å². The van der Waals surface area contributed by atoms with Gasteiger partial charge in [-0.2, -0.15) is 0 Å². The minimum absolute atomic E-state index is 0.158. The molecule has 1 aliphatic rings. The molecular weight excluding hydrogens is 345 g/mol. The third-order valence-corrected chi connectivity index (χ3v) is 4.95. The highest BCUT2D eigenvalue weighted by Crippen LogP contribution is 2.37. The van der Waals surface area contributed by atoms with Crippen LogP contribution in [0.25, 0.3) is 0 Å². The lowest BCUT2D eigenvalue weighted by atomic mass is 9.95. The Kier molecular flexibility index (Phi) is 4.81. The number of nitrogens with one attached hydrogen (secondary N) is 1. The SMILES string of the molecule is CCOc1cccc(CN2CCc3[nH]cnc3[C@@H]2c2cccc(F)c2)c1O. The van der Waals surface area contributed by atoms with Crippen LogP contribution in [0.4, 0.5) is 4.39 Å². The highest BCUT2D eigenvalue weighted by atomic mass is 19.1. The molecule has 0 bridgehead atoms. The van der Waals surface area contributed by atoms with Crippen LogP contribution >= 0.6 is 0 Å². The molecule has 5 nitrogen and oxygen atoms in total. The van der Waals surface area contributed by atoms with Crippen molar-refractivity contribution in [3.8, 4) is 11.5 Å². The van der Waals surface area contributed by atoms with Gasteiger partial charge in [-0.05, 0) is 30.7 Å². The van der Waals surface area contributed by atoms with Crippen molar-refractivity contribution in [2.45, 2.75) is 25.9 Å². The van der Waals surface area contributed by atoms with Crippen LogP contribution in [0.3, 0.4) is 0 Å². The summed E-state index contributed by atoms with van der Waals surface area (Å²) in [6.45, 7) is 3.66. The van der Waals surface area contributed by atoms with Gasteiger partial charge in [-0.25, -0.2) is 9.37 Å². The van der Waals surface area contributed by atoms with E-state index in [0.29, 0.717) is 18.9 Å². The zero-order valence-corrected chi connectivity index (χ0v) is 15.2. The van der Waals surface area contributed by atoms with Crippen molar-refractivity contribution >= 4 is 0 Å². The molecule has 2 heterocycles. The van der Waals surface area contributed by atoms with Crippen LogP contribution in [-0.4, -0.2) is 33.1 Å². The van der Waals surface area contributed by atoms with E-state index in [1.165, 1.54) is 6.07 Å². The number of rotatable bonds is 5. The van der Waals surface area contributed by atoms with Crippen molar-refractivity contribution < 1.29 is 14.2 Å². The number of aromatic hydroxyl groups is 1. The molecule has 0 unspecified atom stereocenters. The van der Waals surface area contributed by atoms with E-state index in [1.54, 1.807) is 24.5 Å². The van der Waals surface area contributed by atoms with E-state index >= 15 is 0 Å². The van der Waals surface area contributed by atoms with Gasteiger partial charge >= 0.3 is 0 Å². The minimum Gasteiger partial charge on any atom is -0.504 e. The first kappa shape index (κ1) is 17.5. The molecule has 2 N–H and O–H groups in total. The number of nitrogens with zero attached hydrogens (tertiary/aromatic N) is 2. The predicted molar refractivity (Wildman–Crippen MR) is 100 cm³/mol. The molecule has 0 aliphatic carbocycles. The van der Waals surface area contributed by atoms with Crippen molar-refractivity contribution in [2.75, 3.05) is 13.2 Å². The number of aromatic nitrogens is 2. The number of H-pyrrole nitrogens is 1. The zero-order chi connectivity index (χ0) is 18.8. The Bertz CT molecular complexity index is 941. The molecule has 140 valence electrons. The molecule has 0 fully saturated rings. The lowest BCUT2D eigenvalue weighted by molar-refractivity contribution is 0.197. The van der Waals surface area contributed by atoms with Crippen LogP contribution in [0.5, 0.6) is 11.5 Å². The minimum atomic E-state index is -0.267. The largest absolute Gasteiger partial charge is 0.504 e. The summed E-state index contributed by atoms with van der Waals surface area (Å²) in [7, 11) is 0. The van der Waals surface area contributed by atoms with Crippen molar-refractivity contribution in [1.29, 1.82) is 0 Å². The summed E-state index contributed by atoms with van der Waals surface area (Å²) in [5, 5.41) is 10.6. The Morgan fingerprint density at radius 3 is 2.96 bits per heavy atom. The lowest BCUT2D eigenvalue weighted by Crippen LogP contribution is -2.36. The molecule has 3 aromatic rings. The predicted octanol–water partition coefficient (Wildman–Crippen LogP) is 3.80. The molecule has 0 radical (unpaired) electrons. The van der Waals surface area contributed by atoms with E-state index in [2.05, 4.69) is 14.9 Å². The Hall–Kier alpha value is -2.86. The number of ether oxygens (including phenoxy) is 1. The molecule has 0 saturated carbocycles. The summed E-state index contributed by atoms with van der Waals surface area (Å²) >= 11 is 0. The van der Waals surface area contributed by atoms with Crippen LogP contribution in [0.2, 0.25) is 0 Å². The highest BCUT2D eigenvalue weighted by molar-refractivity contribution is 5.45. The van der Waals surface area contributed by atoms with Crippen LogP contribution in [0.15, 0.2) is 48.8 Å². The first-order valence-electron chi connectivity index (χ1n) is 9.12. The van der Waals surface area contributed by atoms with Crippen LogP contribution in [-0.2, 0) is 13.0 Å². The van der Waals surface area contributed by atoms with E-state index in [-0.39, 0.29) is 17.6 Å². The molecule has 27 heavy (non-hydrogen) atoms. The highest BCUT2D eigenvalue weighted by Gasteiger charge is 2.31. The van der Waals surface area contributed by atoms with Crippen molar-refractivity contribution in [3.05, 3.63) is 77.1 Å². The number of aromatic amines is 1. The second-order valence-electron chi connectivity index (χ2n) is 6.64. The normalized spacial score (nSPS) is 16.9. The standard InChI is InChI=1S/C21H22FN3O2/c1-2-27-18-8-4-6-15(21(18)26)12-25-10-9-17-19(24-13-23-17)20(25)14-5-3-7-16(22)11-14/h3-8,11,13,20,26H,2,9-10,12H2,1H3,(H,23,24)/t20-/m0/s1. The van der Waals surface area contributed by atoms with Crippen LogP contribution in [0, 0.1) is 5.82 Å². The molecule has 0 amide bonds. The maximum atomic E-state index is 13.9. The molecule has 2 aromatic carbocycles. The average Bonchev–Trinajstić information content (AvgIpc) is 3.13. The molecule has 1 aromatic heterocycles. The van der Waals surface area contributed by atoms with Gasteiger partial charge in [-0.3, -0.25) is 4.90 Å². The smallest absolute Gasteiger partial charge is 0.162 e. The first-order chi connectivity index (χ1) is 13.2. The summed E-state index contributed by atoms with van der Waals surface area (Å²) in [6, 6.07) is 12.0. The molecule has 0 saturated heterocycles. The van der Waals surface area contributed by atoms with Crippen LogP contribution in [0.1, 0.15) is 35.5 Å². The van der Waals surface area contributed by atoms with Crippen molar-refractivity contribution in [2.24, 2.45) is 0 Å². The summed E-state index contributed by atoms with van der Waals surface area (Å²) in [4.78, 5) is 9.90. The Morgan fingerprint density at radius 1 is 1.30 bits per heavy atom. The van der Waals surface area contributed by atoms with Gasteiger partial charge in [0.05, 0.1) is 24.7 Å². The summed E-state index contributed by atoms with van der Waals surface area (Å²) in [5.74, 6) is 0.372. The van der Waals surface area contributed by atoms with Gasteiger partial charge in [0.1, 0.15) is 5.82 Å². The Morgan fingerprint density at radius 2 is 2.15 bits per heavy atom. The monoisotopic (exact) mass is 367 g/mol. The first-order valence-corrected chi connectivity index (χ1v) is 9.12. The van der Waals surface area contributed by atoms with Crippen molar-refractivity contribution in [1.82, 2.24) is 14.9 Å². The number of imidazole rings is 1. The van der Waals surface area contributed by atoms with Gasteiger partial charge in [0.25, 0.3) is 0 Å². The fourth-order valence-electron chi connectivity index (χ4n) is 3.73. The zero-order valence-electron chi connectivity index (χ0n) is 15.2. The number of hydrogen-bond donors (Lipinski definition) is 2. The van der Waals surface area contributed by atoms with E-state index < -0.39 is 0 Å². The third-order valence-electron chi connectivity index (χ3n) is 4.95. The topological polar surface area (TPSA) is 61.4 Å². The summed E-state index contributed by atoms with van der Waals surface area (Å²) in [5.41, 5.74) is 3.62. The van der Waals surface area contributed by atoms with Gasteiger partial charge in [0.2, 0.25) is 0 Å². The maximum absolute atomic E-state index is 13.9.